The predicted octanol–water partition coefficient (Wildman–Crippen LogP) is 2.03. The number of hydrogen-bond donors (Lipinski definition) is 3. The highest BCUT2D eigenvalue weighted by Crippen LogP contribution is 2.16. The fourth-order valence-corrected chi connectivity index (χ4v) is 2.44. The summed E-state index contributed by atoms with van der Waals surface area (Å²) in [6.07, 6.45) is 7.54. The number of H-pyrrole nitrogens is 1. The first kappa shape index (κ1) is 12.2. The molecule has 2 aromatic heterocycles. The first-order valence-corrected chi connectivity index (χ1v) is 6.86. The van der Waals surface area contributed by atoms with Crippen LogP contribution in [0.15, 0.2) is 30.6 Å². The van der Waals surface area contributed by atoms with Gasteiger partial charge in [-0.15, -0.1) is 10.2 Å². The molecular weight excluding hydrogens is 238 g/mol. The van der Waals surface area contributed by atoms with Gasteiger partial charge in [-0.25, -0.2) is 0 Å². The summed E-state index contributed by atoms with van der Waals surface area (Å²) in [6, 6.07) is 6.63. The van der Waals surface area contributed by atoms with Crippen molar-refractivity contribution in [3.8, 4) is 11.3 Å². The van der Waals surface area contributed by atoms with Gasteiger partial charge >= 0.3 is 0 Å². The molecule has 1 fully saturated rings. The topological polar surface area (TPSA) is 65.6 Å². The lowest BCUT2D eigenvalue weighted by atomic mass is 10.1. The highest BCUT2D eigenvalue weighted by atomic mass is 15.2. The number of nitrogens with zero attached hydrogens (tertiary/aromatic N) is 2. The molecule has 0 amide bonds. The van der Waals surface area contributed by atoms with Crippen LogP contribution in [-0.2, 0) is 0 Å². The van der Waals surface area contributed by atoms with Gasteiger partial charge in [0.05, 0.1) is 5.69 Å². The summed E-state index contributed by atoms with van der Waals surface area (Å²) in [6.45, 7) is 2.10. The molecule has 3 heterocycles. The zero-order valence-electron chi connectivity index (χ0n) is 10.9. The minimum Gasteiger partial charge on any atom is -0.369 e. The van der Waals surface area contributed by atoms with E-state index >= 15 is 0 Å². The average Bonchev–Trinajstić information content (AvgIpc) is 3.13. The van der Waals surface area contributed by atoms with Gasteiger partial charge in [0.15, 0.2) is 0 Å². The van der Waals surface area contributed by atoms with Crippen molar-refractivity contribution >= 4 is 5.82 Å². The molecule has 0 aliphatic carbocycles. The molecule has 3 N–H and O–H groups in total. The Morgan fingerprint density at radius 2 is 2.26 bits per heavy atom. The lowest BCUT2D eigenvalue weighted by Crippen LogP contribution is -2.24. The van der Waals surface area contributed by atoms with Crippen LogP contribution in [0.1, 0.15) is 19.3 Å². The molecule has 5 nitrogen and oxygen atoms in total. The van der Waals surface area contributed by atoms with E-state index in [1.54, 1.807) is 0 Å². The monoisotopic (exact) mass is 257 g/mol. The molecule has 100 valence electrons. The highest BCUT2D eigenvalue weighted by molar-refractivity contribution is 5.58. The first-order valence-electron chi connectivity index (χ1n) is 6.86. The van der Waals surface area contributed by atoms with Gasteiger partial charge in [-0.3, -0.25) is 0 Å². The third kappa shape index (κ3) is 3.12. The number of hydrogen-bond acceptors (Lipinski definition) is 4. The van der Waals surface area contributed by atoms with Gasteiger partial charge in [0.1, 0.15) is 5.82 Å². The third-order valence-electron chi connectivity index (χ3n) is 3.52. The molecule has 19 heavy (non-hydrogen) atoms. The second-order valence-electron chi connectivity index (χ2n) is 4.91. The molecule has 0 bridgehead atoms. The average molecular weight is 257 g/mol. The second-order valence-corrected chi connectivity index (χ2v) is 4.91. The fourth-order valence-electron chi connectivity index (χ4n) is 2.44. The molecule has 3 rings (SSSR count). The lowest BCUT2D eigenvalue weighted by molar-refractivity contribution is 0.574. The van der Waals surface area contributed by atoms with E-state index in [-0.39, 0.29) is 0 Å². The fraction of sp³-hybridized carbons (Fsp3) is 0.429. The molecular formula is C14H19N5. The van der Waals surface area contributed by atoms with E-state index in [1.165, 1.54) is 12.8 Å². The van der Waals surface area contributed by atoms with Crippen LogP contribution in [-0.4, -0.2) is 34.3 Å². The van der Waals surface area contributed by atoms with E-state index in [1.807, 2.05) is 30.6 Å². The van der Waals surface area contributed by atoms with Crippen LogP contribution >= 0.6 is 0 Å². The van der Waals surface area contributed by atoms with Crippen molar-refractivity contribution < 1.29 is 0 Å². The highest BCUT2D eigenvalue weighted by Gasteiger charge is 2.12. The van der Waals surface area contributed by atoms with Crippen molar-refractivity contribution in [2.45, 2.75) is 25.3 Å². The molecule has 1 unspecified atom stereocenters. The molecule has 1 aliphatic heterocycles. The molecule has 1 saturated heterocycles. The number of aromatic nitrogens is 3. The predicted molar refractivity (Wildman–Crippen MR) is 76.0 cm³/mol. The zero-order chi connectivity index (χ0) is 12.9. The summed E-state index contributed by atoms with van der Waals surface area (Å²) in [4.78, 5) is 3.02. The van der Waals surface area contributed by atoms with Gasteiger partial charge in [0.2, 0.25) is 0 Å². The van der Waals surface area contributed by atoms with Crippen molar-refractivity contribution in [3.63, 3.8) is 0 Å². The minimum atomic E-state index is 0.666. The van der Waals surface area contributed by atoms with Crippen LogP contribution in [0.2, 0.25) is 0 Å². The Bertz CT molecular complexity index is 485. The Hall–Kier alpha value is -1.88. The molecule has 0 radical (unpaired) electrons. The maximum Gasteiger partial charge on any atom is 0.148 e. The second kappa shape index (κ2) is 5.84. The maximum atomic E-state index is 4.22. The molecule has 0 saturated carbocycles. The molecule has 0 aromatic carbocycles. The van der Waals surface area contributed by atoms with E-state index in [2.05, 4.69) is 25.8 Å². The smallest absolute Gasteiger partial charge is 0.148 e. The van der Waals surface area contributed by atoms with Gasteiger partial charge in [-0.2, -0.15) is 0 Å². The zero-order valence-corrected chi connectivity index (χ0v) is 10.9. The summed E-state index contributed by atoms with van der Waals surface area (Å²) in [5.74, 6) is 0.845. The van der Waals surface area contributed by atoms with Crippen LogP contribution in [0.4, 0.5) is 5.82 Å². The van der Waals surface area contributed by atoms with E-state index in [4.69, 9.17) is 0 Å². The van der Waals surface area contributed by atoms with E-state index in [0.29, 0.717) is 6.04 Å². The van der Waals surface area contributed by atoms with Gasteiger partial charge in [0.25, 0.3) is 0 Å². The summed E-state index contributed by atoms with van der Waals surface area (Å²) in [7, 11) is 0. The summed E-state index contributed by atoms with van der Waals surface area (Å²) >= 11 is 0. The largest absolute Gasteiger partial charge is 0.369 e. The Morgan fingerprint density at radius 1 is 1.26 bits per heavy atom. The maximum absolute atomic E-state index is 4.22. The van der Waals surface area contributed by atoms with E-state index in [9.17, 15) is 0 Å². The molecule has 0 spiro atoms. The number of rotatable bonds is 5. The summed E-state index contributed by atoms with van der Waals surface area (Å²) in [5, 5.41) is 15.2. The van der Waals surface area contributed by atoms with Gasteiger partial charge in [-0.1, -0.05) is 0 Å². The van der Waals surface area contributed by atoms with Crippen molar-refractivity contribution in [2.24, 2.45) is 0 Å². The van der Waals surface area contributed by atoms with Gasteiger partial charge in [-0.05, 0) is 44.0 Å². The van der Waals surface area contributed by atoms with Gasteiger partial charge in [0, 0.05) is 30.5 Å². The van der Waals surface area contributed by atoms with Crippen molar-refractivity contribution in [1.29, 1.82) is 0 Å². The number of aromatic amines is 1. The summed E-state index contributed by atoms with van der Waals surface area (Å²) in [5.41, 5.74) is 1.96. The van der Waals surface area contributed by atoms with E-state index < -0.39 is 0 Å². The van der Waals surface area contributed by atoms with Gasteiger partial charge < -0.3 is 15.6 Å². The molecule has 2 aromatic rings. The number of anilines is 1. The van der Waals surface area contributed by atoms with Crippen LogP contribution in [0, 0.1) is 0 Å². The Balaban J connectivity index is 1.51. The minimum absolute atomic E-state index is 0.666. The Morgan fingerprint density at radius 3 is 2.95 bits per heavy atom. The Labute approximate surface area is 112 Å². The van der Waals surface area contributed by atoms with E-state index in [0.717, 1.165) is 36.6 Å². The molecule has 1 aliphatic rings. The first-order chi connectivity index (χ1) is 9.42. The van der Waals surface area contributed by atoms with Crippen molar-refractivity contribution in [2.75, 3.05) is 18.4 Å². The summed E-state index contributed by atoms with van der Waals surface area (Å²) < 4.78 is 0. The van der Waals surface area contributed by atoms with Crippen molar-refractivity contribution in [1.82, 2.24) is 20.5 Å². The third-order valence-corrected chi connectivity index (χ3v) is 3.52. The van der Waals surface area contributed by atoms with Crippen LogP contribution < -0.4 is 10.6 Å². The standard InChI is InChI=1S/C14H19N5/c1-2-12(16-7-1)6-9-17-14-4-3-13(18-19-14)11-5-8-15-10-11/h3-5,8,10,12,15-16H,1-2,6-7,9H2,(H,17,19). The van der Waals surface area contributed by atoms with Crippen LogP contribution in [0.25, 0.3) is 11.3 Å². The normalized spacial score (nSPS) is 18.6. The molecule has 5 heteroatoms. The Kier molecular flexibility index (Phi) is 3.74. The number of nitrogens with one attached hydrogen (secondary N) is 3. The van der Waals surface area contributed by atoms with Crippen molar-refractivity contribution in [3.05, 3.63) is 30.6 Å². The lowest BCUT2D eigenvalue weighted by Gasteiger charge is -2.10. The van der Waals surface area contributed by atoms with Crippen LogP contribution in [0.3, 0.4) is 0 Å². The van der Waals surface area contributed by atoms with Crippen LogP contribution in [0.5, 0.6) is 0 Å². The molecule has 1 atom stereocenters. The SMILES string of the molecule is c1cc(-c2ccc(NCCC3CCCN3)nn2)c[nH]1. The quantitative estimate of drug-likeness (QED) is 0.766.